The van der Waals surface area contributed by atoms with Gasteiger partial charge in [0.15, 0.2) is 5.78 Å². The summed E-state index contributed by atoms with van der Waals surface area (Å²) in [5.74, 6) is 0.0723. The number of hydrogen-bond donors (Lipinski definition) is 1. The molecule has 120 valence electrons. The van der Waals surface area contributed by atoms with Crippen LogP contribution in [0.2, 0.25) is 5.02 Å². The average Bonchev–Trinajstić information content (AvgIpc) is 2.54. The summed E-state index contributed by atoms with van der Waals surface area (Å²) in [7, 11) is 1.49. The molecule has 0 aromatic heterocycles. The maximum atomic E-state index is 12.3. The van der Waals surface area contributed by atoms with Crippen molar-refractivity contribution in [3.8, 4) is 5.75 Å². The molecule has 23 heavy (non-hydrogen) atoms. The monoisotopic (exact) mass is 443 g/mol. The molecule has 0 aliphatic carbocycles. The number of nitrogens with one attached hydrogen (secondary N) is 1. The zero-order valence-corrected chi connectivity index (χ0v) is 15.3. The Hall–Kier alpha value is -1.60. The Bertz CT molecular complexity index is 734. The molecule has 2 aromatic carbocycles. The first kappa shape index (κ1) is 17.7. The minimum atomic E-state index is -0.205. The second kappa shape index (κ2) is 8.31. The van der Waals surface area contributed by atoms with Crippen molar-refractivity contribution in [3.63, 3.8) is 0 Å². The van der Waals surface area contributed by atoms with Crippen LogP contribution in [0.5, 0.6) is 5.75 Å². The van der Waals surface area contributed by atoms with Crippen molar-refractivity contribution in [2.45, 2.75) is 12.8 Å². The number of hydrogen-bond acceptors (Lipinski definition) is 3. The summed E-state index contributed by atoms with van der Waals surface area (Å²) in [5.41, 5.74) is 1.13. The lowest BCUT2D eigenvalue weighted by atomic mass is 10.1. The van der Waals surface area contributed by atoms with E-state index in [9.17, 15) is 9.59 Å². The molecule has 2 rings (SSSR count). The number of benzene rings is 2. The molecule has 1 N–H and O–H groups in total. The van der Waals surface area contributed by atoms with Crippen molar-refractivity contribution >= 4 is 51.6 Å². The number of Topliss-reactive ketones (excluding diaryl/α,β-unsaturated/α-hetero) is 1. The highest BCUT2D eigenvalue weighted by molar-refractivity contribution is 14.1. The highest BCUT2D eigenvalue weighted by atomic mass is 127. The lowest BCUT2D eigenvalue weighted by molar-refractivity contribution is -0.116. The summed E-state index contributed by atoms with van der Waals surface area (Å²) < 4.78 is 6.10. The van der Waals surface area contributed by atoms with Gasteiger partial charge in [0.25, 0.3) is 0 Å². The van der Waals surface area contributed by atoms with Gasteiger partial charge in [0.2, 0.25) is 5.91 Å². The molecular formula is C17H15ClINO3. The van der Waals surface area contributed by atoms with E-state index in [1.165, 1.54) is 7.11 Å². The molecule has 0 heterocycles. The van der Waals surface area contributed by atoms with E-state index in [0.717, 1.165) is 9.26 Å². The summed E-state index contributed by atoms with van der Waals surface area (Å²) in [4.78, 5) is 24.3. The van der Waals surface area contributed by atoms with Crippen LogP contribution >= 0.6 is 34.2 Å². The van der Waals surface area contributed by atoms with Gasteiger partial charge in [-0.15, -0.1) is 0 Å². The molecule has 0 aliphatic rings. The predicted octanol–water partition coefficient (Wildman–Crippen LogP) is 4.55. The summed E-state index contributed by atoms with van der Waals surface area (Å²) in [5, 5.41) is 3.26. The number of amides is 1. The smallest absolute Gasteiger partial charge is 0.224 e. The van der Waals surface area contributed by atoms with E-state index in [1.807, 2.05) is 24.3 Å². The molecule has 0 radical (unpaired) electrons. The number of carbonyl (C=O) groups excluding carboxylic acids is 2. The quantitative estimate of drug-likeness (QED) is 0.526. The number of anilines is 1. The van der Waals surface area contributed by atoms with Crippen LogP contribution in [0.25, 0.3) is 0 Å². The Morgan fingerprint density at radius 3 is 2.61 bits per heavy atom. The summed E-state index contributed by atoms with van der Waals surface area (Å²) in [6.45, 7) is 0. The Balaban J connectivity index is 1.98. The molecule has 0 saturated carbocycles. The van der Waals surface area contributed by atoms with Gasteiger partial charge in [-0.3, -0.25) is 9.59 Å². The van der Waals surface area contributed by atoms with E-state index >= 15 is 0 Å². The standard InChI is InChI=1S/C17H15ClINO3/c1-23-16-8-6-11(18)10-12(16)15(21)7-9-17(22)20-14-5-3-2-4-13(14)19/h2-6,8,10H,7,9H2,1H3,(H,20,22). The van der Waals surface area contributed by atoms with Crippen LogP contribution in [0.3, 0.4) is 0 Å². The minimum absolute atomic E-state index is 0.0892. The molecule has 0 bridgehead atoms. The number of ether oxygens (including phenoxy) is 1. The van der Waals surface area contributed by atoms with Gasteiger partial charge in [0.1, 0.15) is 5.75 Å². The van der Waals surface area contributed by atoms with E-state index in [4.69, 9.17) is 16.3 Å². The normalized spacial score (nSPS) is 10.2. The lowest BCUT2D eigenvalue weighted by Gasteiger charge is -2.09. The van der Waals surface area contributed by atoms with Crippen molar-refractivity contribution in [3.05, 3.63) is 56.6 Å². The van der Waals surface area contributed by atoms with Crippen molar-refractivity contribution < 1.29 is 14.3 Å². The van der Waals surface area contributed by atoms with Crippen LogP contribution in [-0.4, -0.2) is 18.8 Å². The zero-order chi connectivity index (χ0) is 16.8. The zero-order valence-electron chi connectivity index (χ0n) is 12.4. The predicted molar refractivity (Wildman–Crippen MR) is 99.4 cm³/mol. The van der Waals surface area contributed by atoms with Crippen molar-refractivity contribution in [2.75, 3.05) is 12.4 Å². The average molecular weight is 444 g/mol. The molecule has 0 fully saturated rings. The Morgan fingerprint density at radius 1 is 1.17 bits per heavy atom. The van der Waals surface area contributed by atoms with Gasteiger partial charge < -0.3 is 10.1 Å². The SMILES string of the molecule is COc1ccc(Cl)cc1C(=O)CCC(=O)Nc1ccccc1I. The van der Waals surface area contributed by atoms with Crippen LogP contribution in [0.15, 0.2) is 42.5 Å². The number of para-hydroxylation sites is 1. The molecule has 0 unspecified atom stereocenters. The summed E-state index contributed by atoms with van der Waals surface area (Å²) in [6.07, 6.45) is 0.186. The number of rotatable bonds is 6. The van der Waals surface area contributed by atoms with Crippen molar-refractivity contribution in [1.29, 1.82) is 0 Å². The molecule has 0 atom stereocenters. The van der Waals surface area contributed by atoms with Crippen LogP contribution in [0.1, 0.15) is 23.2 Å². The lowest BCUT2D eigenvalue weighted by Crippen LogP contribution is -2.14. The van der Waals surface area contributed by atoms with E-state index in [-0.39, 0.29) is 24.5 Å². The molecule has 0 saturated heterocycles. The molecular weight excluding hydrogens is 429 g/mol. The fourth-order valence-electron chi connectivity index (χ4n) is 2.04. The third kappa shape index (κ3) is 4.94. The van der Waals surface area contributed by atoms with E-state index in [2.05, 4.69) is 27.9 Å². The van der Waals surface area contributed by atoms with E-state index in [1.54, 1.807) is 18.2 Å². The Labute approximate surface area is 153 Å². The van der Waals surface area contributed by atoms with Crippen LogP contribution in [0, 0.1) is 3.57 Å². The van der Waals surface area contributed by atoms with Gasteiger partial charge in [-0.1, -0.05) is 23.7 Å². The van der Waals surface area contributed by atoms with Gasteiger partial charge in [-0.2, -0.15) is 0 Å². The summed E-state index contributed by atoms with van der Waals surface area (Å²) >= 11 is 8.06. The third-order valence-electron chi connectivity index (χ3n) is 3.19. The number of halogens is 2. The van der Waals surface area contributed by atoms with Crippen molar-refractivity contribution in [2.24, 2.45) is 0 Å². The largest absolute Gasteiger partial charge is 0.496 e. The fraction of sp³-hybridized carbons (Fsp3) is 0.176. The Morgan fingerprint density at radius 2 is 1.91 bits per heavy atom. The number of carbonyl (C=O) groups is 2. The van der Waals surface area contributed by atoms with E-state index in [0.29, 0.717) is 16.3 Å². The molecule has 0 aliphatic heterocycles. The summed E-state index contributed by atoms with van der Waals surface area (Å²) in [6, 6.07) is 12.3. The number of methoxy groups -OCH3 is 1. The highest BCUT2D eigenvalue weighted by Gasteiger charge is 2.15. The molecule has 2 aromatic rings. The minimum Gasteiger partial charge on any atom is -0.496 e. The van der Waals surface area contributed by atoms with Crippen molar-refractivity contribution in [1.82, 2.24) is 0 Å². The highest BCUT2D eigenvalue weighted by Crippen LogP contribution is 2.24. The first-order valence-corrected chi connectivity index (χ1v) is 8.38. The second-order valence-corrected chi connectivity index (χ2v) is 6.39. The first-order chi connectivity index (χ1) is 11.0. The van der Waals surface area contributed by atoms with Crippen LogP contribution in [0.4, 0.5) is 5.69 Å². The van der Waals surface area contributed by atoms with Gasteiger partial charge in [-0.25, -0.2) is 0 Å². The topological polar surface area (TPSA) is 55.4 Å². The first-order valence-electron chi connectivity index (χ1n) is 6.92. The second-order valence-electron chi connectivity index (χ2n) is 4.80. The van der Waals surface area contributed by atoms with Crippen LogP contribution < -0.4 is 10.1 Å². The van der Waals surface area contributed by atoms with Crippen LogP contribution in [-0.2, 0) is 4.79 Å². The number of ketones is 1. The molecule has 4 nitrogen and oxygen atoms in total. The third-order valence-corrected chi connectivity index (χ3v) is 4.36. The molecule has 1 amide bonds. The maximum absolute atomic E-state index is 12.3. The van der Waals surface area contributed by atoms with Gasteiger partial charge in [-0.05, 0) is 52.9 Å². The fourth-order valence-corrected chi connectivity index (χ4v) is 2.73. The van der Waals surface area contributed by atoms with E-state index < -0.39 is 0 Å². The molecule has 6 heteroatoms. The molecule has 0 spiro atoms. The van der Waals surface area contributed by atoms with Gasteiger partial charge in [0.05, 0.1) is 18.4 Å². The Kier molecular flexibility index (Phi) is 6.41. The maximum Gasteiger partial charge on any atom is 0.224 e. The van der Waals surface area contributed by atoms with Gasteiger partial charge >= 0.3 is 0 Å². The van der Waals surface area contributed by atoms with Gasteiger partial charge in [0, 0.05) is 21.4 Å².